The average molecular weight is 437 g/mol. The normalized spacial score (nSPS) is 16.1. The first kappa shape index (κ1) is 24.6. The number of amides is 3. The number of rotatable bonds is 6. The number of primary amides is 1. The number of carbonyl (C=O) groups is 2. The summed E-state index contributed by atoms with van der Waals surface area (Å²) >= 11 is 0. The van der Waals surface area contributed by atoms with Gasteiger partial charge in [0, 0.05) is 37.7 Å². The van der Waals surface area contributed by atoms with Crippen LogP contribution in [0.15, 0.2) is 29.5 Å². The van der Waals surface area contributed by atoms with Crippen molar-refractivity contribution in [1.29, 1.82) is 5.41 Å². The van der Waals surface area contributed by atoms with E-state index >= 15 is 0 Å². The quantitative estimate of drug-likeness (QED) is 0.511. The van der Waals surface area contributed by atoms with Crippen molar-refractivity contribution in [3.05, 3.63) is 46.7 Å². The number of hydrogen-bond acceptors (Lipinski definition) is 4. The van der Waals surface area contributed by atoms with Gasteiger partial charge in [0.2, 0.25) is 5.91 Å². The van der Waals surface area contributed by atoms with Gasteiger partial charge in [0.1, 0.15) is 11.7 Å². The van der Waals surface area contributed by atoms with Crippen molar-refractivity contribution in [3.8, 4) is 0 Å². The number of halogens is 2. The lowest BCUT2D eigenvalue weighted by atomic mass is 9.86. The van der Waals surface area contributed by atoms with Crippen LogP contribution in [0.4, 0.5) is 13.6 Å². The third-order valence-corrected chi connectivity index (χ3v) is 5.39. The van der Waals surface area contributed by atoms with Crippen LogP contribution in [0.3, 0.4) is 0 Å². The van der Waals surface area contributed by atoms with E-state index in [1.807, 2.05) is 27.7 Å². The molecule has 1 aromatic carbocycles. The minimum absolute atomic E-state index is 0.0507. The van der Waals surface area contributed by atoms with Crippen molar-refractivity contribution in [3.63, 3.8) is 0 Å². The van der Waals surface area contributed by atoms with E-state index in [-0.39, 0.29) is 17.2 Å². The molecule has 2 rings (SSSR count). The van der Waals surface area contributed by atoms with Crippen LogP contribution >= 0.6 is 0 Å². The zero-order valence-corrected chi connectivity index (χ0v) is 18.7. The largest absolute Gasteiger partial charge is 0.418 e. The van der Waals surface area contributed by atoms with Gasteiger partial charge in [-0.05, 0) is 30.2 Å². The molecule has 0 saturated heterocycles. The van der Waals surface area contributed by atoms with Crippen molar-refractivity contribution in [2.24, 2.45) is 5.41 Å². The van der Waals surface area contributed by atoms with Crippen LogP contribution in [0.1, 0.15) is 39.7 Å². The molecule has 1 heterocycles. The molecule has 0 spiro atoms. The third-order valence-electron chi connectivity index (χ3n) is 5.39. The highest BCUT2D eigenvalue weighted by Crippen LogP contribution is 2.21. The molecule has 0 bridgehead atoms. The number of benzene rings is 1. The van der Waals surface area contributed by atoms with Crippen molar-refractivity contribution in [2.45, 2.75) is 40.2 Å². The second kappa shape index (κ2) is 10.1. The molecule has 31 heavy (non-hydrogen) atoms. The van der Waals surface area contributed by atoms with Crippen LogP contribution in [0.25, 0.3) is 0 Å². The van der Waals surface area contributed by atoms with Gasteiger partial charge in [-0.3, -0.25) is 20.4 Å². The first-order valence-corrected chi connectivity index (χ1v) is 10.3. The second-order valence-electron chi connectivity index (χ2n) is 8.69. The lowest BCUT2D eigenvalue weighted by molar-refractivity contribution is -0.508. The summed E-state index contributed by atoms with van der Waals surface area (Å²) in [5.41, 5.74) is 1.04. The monoisotopic (exact) mass is 436 g/mol. The smallest absolute Gasteiger partial charge is 0.357 e. The van der Waals surface area contributed by atoms with Crippen LogP contribution < -0.4 is 16.0 Å². The highest BCUT2D eigenvalue weighted by molar-refractivity contribution is 6.11. The van der Waals surface area contributed by atoms with Gasteiger partial charge in [-0.25, -0.2) is 18.9 Å². The molecule has 0 saturated carbocycles. The standard InChI is InChI=1S/C22H31F2N5O2/c1-6-29-10-9-17(27-21(31)28-19(20(30)26-5)22(2,3)4)14(12-29)18(25)13-7-8-15(23)16(24)11-13/h7-8,11,19,25H,6,9-10,12H2,1-5H3,(H,26,30)(H2,27,28,31)/p+1/t19-/m1/s1. The Labute approximate surface area is 181 Å². The highest BCUT2D eigenvalue weighted by Gasteiger charge is 2.34. The number of nitrogens with one attached hydrogen (secondary N) is 3. The molecule has 0 aromatic heterocycles. The summed E-state index contributed by atoms with van der Waals surface area (Å²) in [6, 6.07) is 2.19. The van der Waals surface area contributed by atoms with Gasteiger partial charge < -0.3 is 5.32 Å². The zero-order valence-electron chi connectivity index (χ0n) is 18.7. The Morgan fingerprint density at radius 3 is 2.48 bits per heavy atom. The summed E-state index contributed by atoms with van der Waals surface area (Å²) in [5, 5.41) is 15.3. The average Bonchev–Trinajstić information content (AvgIpc) is 2.72. The zero-order chi connectivity index (χ0) is 23.3. The number of likely N-dealkylation sites (N-methyl/N-ethyl adjacent to an activating group) is 2. The summed E-state index contributed by atoms with van der Waals surface area (Å²) in [7, 11) is 1.52. The fourth-order valence-electron chi connectivity index (χ4n) is 3.49. The van der Waals surface area contributed by atoms with Gasteiger partial charge in [0.15, 0.2) is 11.6 Å². The van der Waals surface area contributed by atoms with Crippen molar-refractivity contribution in [1.82, 2.24) is 15.5 Å². The molecule has 9 heteroatoms. The Morgan fingerprint density at radius 1 is 1.26 bits per heavy atom. The number of urea groups is 1. The number of carbonyl (C=O) groups excluding carboxylic acids is 2. The summed E-state index contributed by atoms with van der Waals surface area (Å²) in [6.07, 6.45) is 0.531. The first-order chi connectivity index (χ1) is 14.5. The van der Waals surface area contributed by atoms with E-state index in [4.69, 9.17) is 5.41 Å². The molecule has 1 aliphatic rings. The van der Waals surface area contributed by atoms with Crippen molar-refractivity contribution >= 4 is 17.6 Å². The molecule has 1 aromatic rings. The van der Waals surface area contributed by atoms with Crippen LogP contribution in [0, 0.1) is 22.5 Å². The van der Waals surface area contributed by atoms with E-state index in [2.05, 4.69) is 15.5 Å². The molecule has 5 N–H and O–H groups in total. The topological polar surface area (TPSA) is 102 Å². The number of quaternary nitrogens is 1. The minimum atomic E-state index is -1.02. The molecule has 0 fully saturated rings. The molecule has 0 aliphatic carbocycles. The predicted octanol–water partition coefficient (Wildman–Crippen LogP) is 1.75. The van der Waals surface area contributed by atoms with Gasteiger partial charge in [0.05, 0.1) is 5.71 Å². The summed E-state index contributed by atoms with van der Waals surface area (Å²) in [4.78, 5) is 27.1. The molecule has 3 amide bonds. The molecule has 170 valence electrons. The maximum atomic E-state index is 13.7. The molecule has 1 aliphatic heterocycles. The Morgan fingerprint density at radius 2 is 1.94 bits per heavy atom. The van der Waals surface area contributed by atoms with Gasteiger partial charge in [-0.15, -0.1) is 0 Å². The summed E-state index contributed by atoms with van der Waals surface area (Å²) in [6.45, 7) is 9.46. The van der Waals surface area contributed by atoms with E-state index in [0.717, 1.165) is 18.7 Å². The maximum absolute atomic E-state index is 13.7. The molecule has 7 nitrogen and oxygen atoms in total. The van der Waals surface area contributed by atoms with Crippen LogP contribution in [-0.4, -0.2) is 55.3 Å². The first-order valence-electron chi connectivity index (χ1n) is 10.3. The predicted molar refractivity (Wildman–Crippen MR) is 115 cm³/mol. The fourth-order valence-corrected chi connectivity index (χ4v) is 3.49. The van der Waals surface area contributed by atoms with Gasteiger partial charge in [0.25, 0.3) is 0 Å². The number of nitrogens with two attached hydrogens (primary N) is 1. The molecular formula is C22H32F2N5O2+. The number of nitrogens with zero attached hydrogens (tertiary/aromatic N) is 1. The van der Waals surface area contributed by atoms with E-state index in [0.29, 0.717) is 30.8 Å². The van der Waals surface area contributed by atoms with Crippen LogP contribution in [-0.2, 0) is 4.79 Å². The summed E-state index contributed by atoms with van der Waals surface area (Å²) in [5.74, 6) is -2.29. The van der Waals surface area contributed by atoms with Crippen LogP contribution in [0.2, 0.25) is 0 Å². The van der Waals surface area contributed by atoms with E-state index in [1.54, 1.807) is 0 Å². The molecule has 0 radical (unpaired) electrons. The van der Waals surface area contributed by atoms with Gasteiger partial charge in [-0.1, -0.05) is 27.7 Å². The lowest BCUT2D eigenvalue weighted by Gasteiger charge is -2.30. The molecule has 1 atom stereocenters. The Bertz CT molecular complexity index is 892. The van der Waals surface area contributed by atoms with Crippen molar-refractivity contribution in [2.75, 3.05) is 26.7 Å². The summed E-state index contributed by atoms with van der Waals surface area (Å²) < 4.78 is 27.0. The van der Waals surface area contributed by atoms with Gasteiger partial charge >= 0.3 is 6.03 Å². The Hall–Kier alpha value is -2.65. The van der Waals surface area contributed by atoms with E-state index in [9.17, 15) is 18.4 Å². The SMILES string of the molecule is CCN1CCC([NH2+]C(=O)N[C@H](C(=O)NC)C(C)(C)C)=C(C(=N)c2ccc(F)c(F)c2)C1. The minimum Gasteiger partial charge on any atom is -0.357 e. The fraction of sp³-hybridized carbons (Fsp3) is 0.500. The molecule has 0 unspecified atom stereocenters. The molecular weight excluding hydrogens is 404 g/mol. The van der Waals surface area contributed by atoms with Crippen molar-refractivity contribution < 1.29 is 23.7 Å². The highest BCUT2D eigenvalue weighted by atomic mass is 19.2. The Kier molecular flexibility index (Phi) is 8.02. The second-order valence-corrected chi connectivity index (χ2v) is 8.69. The number of hydrogen-bond donors (Lipinski definition) is 4. The third kappa shape index (κ3) is 6.18. The van der Waals surface area contributed by atoms with E-state index in [1.165, 1.54) is 18.4 Å². The maximum Gasteiger partial charge on any atom is 0.418 e. The van der Waals surface area contributed by atoms with Crippen LogP contribution in [0.5, 0.6) is 0 Å². The Balaban J connectivity index is 2.31. The van der Waals surface area contributed by atoms with E-state index < -0.39 is 29.1 Å². The lowest BCUT2D eigenvalue weighted by Crippen LogP contribution is -2.90. The van der Waals surface area contributed by atoms with Gasteiger partial charge in [-0.2, -0.15) is 0 Å².